The second kappa shape index (κ2) is 5.34. The summed E-state index contributed by atoms with van der Waals surface area (Å²) in [6, 6.07) is 2.92. The van der Waals surface area contributed by atoms with Gasteiger partial charge in [-0.1, -0.05) is 6.07 Å². The maximum atomic E-state index is 13.3. The predicted molar refractivity (Wildman–Crippen MR) is 56.1 cm³/mol. The van der Waals surface area contributed by atoms with E-state index in [1.54, 1.807) is 0 Å². The van der Waals surface area contributed by atoms with Crippen LogP contribution in [0.4, 0.5) is 23.2 Å². The number of hydrogen-bond acceptors (Lipinski definition) is 2. The van der Waals surface area contributed by atoms with Gasteiger partial charge >= 0.3 is 12.1 Å². The Kier molecular flexibility index (Phi) is 4.28. The van der Waals surface area contributed by atoms with E-state index in [0.717, 1.165) is 18.2 Å². The average molecular weight is 284 g/mol. The zero-order chi connectivity index (χ0) is 13.9. The number of alkyl halides is 4. The molecule has 0 aliphatic heterocycles. The maximum absolute atomic E-state index is 13.3. The van der Waals surface area contributed by atoms with Gasteiger partial charge in [-0.2, -0.15) is 13.2 Å². The van der Waals surface area contributed by atoms with Gasteiger partial charge < -0.3 is 5.32 Å². The molecule has 0 atom stereocenters. The van der Waals surface area contributed by atoms with Crippen molar-refractivity contribution in [1.82, 2.24) is 0 Å². The third-order valence-electron chi connectivity index (χ3n) is 1.92. The van der Waals surface area contributed by atoms with E-state index in [0.29, 0.717) is 0 Å². The molecule has 1 amide bonds. The predicted octanol–water partition coefficient (Wildman–Crippen LogP) is 2.75. The van der Waals surface area contributed by atoms with Crippen molar-refractivity contribution in [1.29, 1.82) is 0 Å². The molecule has 0 fully saturated rings. The highest BCUT2D eigenvalue weighted by molar-refractivity contribution is 6.31. The Balaban J connectivity index is 3.14. The second-order valence-corrected chi connectivity index (χ2v) is 3.44. The second-order valence-electron chi connectivity index (χ2n) is 3.17. The van der Waals surface area contributed by atoms with E-state index in [1.165, 1.54) is 5.32 Å². The van der Waals surface area contributed by atoms with Gasteiger partial charge in [0.1, 0.15) is 5.82 Å². The first-order valence-electron chi connectivity index (χ1n) is 4.53. The van der Waals surface area contributed by atoms with Crippen LogP contribution in [0.25, 0.3) is 0 Å². The van der Waals surface area contributed by atoms with E-state index in [1.807, 2.05) is 0 Å². The third-order valence-corrected chi connectivity index (χ3v) is 2.16. The lowest BCUT2D eigenvalue weighted by atomic mass is 10.1. The van der Waals surface area contributed by atoms with Gasteiger partial charge in [-0.3, -0.25) is 9.59 Å². The lowest BCUT2D eigenvalue weighted by Gasteiger charge is -2.11. The summed E-state index contributed by atoms with van der Waals surface area (Å²) < 4.78 is 49.4. The van der Waals surface area contributed by atoms with Gasteiger partial charge in [-0.05, 0) is 12.1 Å². The van der Waals surface area contributed by atoms with Gasteiger partial charge in [0.2, 0.25) is 0 Å². The molecule has 0 aliphatic carbocycles. The fourth-order valence-corrected chi connectivity index (χ4v) is 1.31. The van der Waals surface area contributed by atoms with Crippen molar-refractivity contribution in [3.8, 4) is 0 Å². The van der Waals surface area contributed by atoms with Crippen molar-refractivity contribution in [3.05, 3.63) is 29.6 Å². The summed E-state index contributed by atoms with van der Waals surface area (Å²) in [6.45, 7) is 0. The Morgan fingerprint density at radius 1 is 1.28 bits per heavy atom. The zero-order valence-corrected chi connectivity index (χ0v) is 9.40. The highest BCUT2D eigenvalue weighted by atomic mass is 35.5. The van der Waals surface area contributed by atoms with Crippen LogP contribution >= 0.6 is 11.6 Å². The molecule has 0 aromatic heterocycles. The van der Waals surface area contributed by atoms with Crippen molar-refractivity contribution >= 4 is 29.0 Å². The summed E-state index contributed by atoms with van der Waals surface area (Å²) in [6.07, 6.45) is -5.13. The molecule has 1 aromatic carbocycles. The van der Waals surface area contributed by atoms with Gasteiger partial charge in [0.25, 0.3) is 0 Å². The summed E-state index contributed by atoms with van der Waals surface area (Å²) in [7, 11) is 0. The number of amides is 1. The van der Waals surface area contributed by atoms with E-state index in [9.17, 15) is 27.2 Å². The molecule has 0 saturated carbocycles. The molecule has 1 N–H and O–H groups in total. The fourth-order valence-electron chi connectivity index (χ4n) is 1.17. The van der Waals surface area contributed by atoms with E-state index >= 15 is 0 Å². The van der Waals surface area contributed by atoms with E-state index in [2.05, 4.69) is 0 Å². The number of carbonyl (C=O) groups excluding carboxylic acids is 2. The maximum Gasteiger partial charge on any atom is 0.471 e. The highest BCUT2D eigenvalue weighted by Gasteiger charge is 2.39. The van der Waals surface area contributed by atoms with E-state index in [-0.39, 0.29) is 0 Å². The zero-order valence-electron chi connectivity index (χ0n) is 8.65. The summed E-state index contributed by atoms with van der Waals surface area (Å²) in [5, 5.41) is 1.42. The summed E-state index contributed by atoms with van der Waals surface area (Å²) in [5.74, 6) is -4.89. The van der Waals surface area contributed by atoms with Crippen molar-refractivity contribution in [2.45, 2.75) is 6.18 Å². The molecule has 0 radical (unpaired) electrons. The molecule has 0 saturated heterocycles. The van der Waals surface area contributed by atoms with Gasteiger partial charge in [0, 0.05) is 0 Å². The Bertz CT molecular complexity index is 487. The van der Waals surface area contributed by atoms with Crippen LogP contribution < -0.4 is 5.32 Å². The number of carbonyl (C=O) groups is 2. The van der Waals surface area contributed by atoms with Crippen LogP contribution in [-0.2, 0) is 4.79 Å². The molecular formula is C10H6ClF4NO2. The van der Waals surface area contributed by atoms with Gasteiger partial charge in [-0.15, -0.1) is 11.6 Å². The molecule has 98 valence electrons. The first-order chi connectivity index (χ1) is 8.27. The largest absolute Gasteiger partial charge is 0.471 e. The quantitative estimate of drug-likeness (QED) is 0.527. The van der Waals surface area contributed by atoms with Gasteiger partial charge in [-0.25, -0.2) is 4.39 Å². The molecule has 0 spiro atoms. The number of benzene rings is 1. The molecule has 1 rings (SSSR count). The summed E-state index contributed by atoms with van der Waals surface area (Å²) in [4.78, 5) is 22.0. The van der Waals surface area contributed by atoms with Crippen LogP contribution in [-0.4, -0.2) is 23.7 Å². The number of rotatable bonds is 3. The molecule has 0 aliphatic rings. The molecule has 18 heavy (non-hydrogen) atoms. The Labute approximate surface area is 104 Å². The van der Waals surface area contributed by atoms with Crippen LogP contribution in [0.3, 0.4) is 0 Å². The third kappa shape index (κ3) is 3.19. The average Bonchev–Trinajstić information content (AvgIpc) is 2.27. The first kappa shape index (κ1) is 14.4. The lowest BCUT2D eigenvalue weighted by Crippen LogP contribution is -2.30. The number of nitrogens with one attached hydrogen (secondary N) is 1. The highest BCUT2D eigenvalue weighted by Crippen LogP contribution is 2.23. The van der Waals surface area contributed by atoms with Crippen molar-refractivity contribution < 1.29 is 27.2 Å². The number of anilines is 1. The fraction of sp³-hybridized carbons (Fsp3) is 0.200. The molecule has 1 aromatic rings. The minimum Gasteiger partial charge on any atom is -0.317 e. The molecule has 0 heterocycles. The number of ketones is 1. The van der Waals surface area contributed by atoms with Gasteiger partial charge in [0.05, 0.1) is 17.1 Å². The van der Waals surface area contributed by atoms with E-state index < -0.39 is 40.8 Å². The minimum absolute atomic E-state index is 0.567. The standard InChI is InChI=1S/C10H6ClF4NO2/c11-4-7(17)8-5(12)2-1-3-6(8)16-9(18)10(13,14)15/h1-3H,4H2,(H,16,18). The smallest absolute Gasteiger partial charge is 0.317 e. The first-order valence-corrected chi connectivity index (χ1v) is 5.06. The van der Waals surface area contributed by atoms with Crippen molar-refractivity contribution in [2.75, 3.05) is 11.2 Å². The Hall–Kier alpha value is -1.63. The monoisotopic (exact) mass is 283 g/mol. The van der Waals surface area contributed by atoms with E-state index in [4.69, 9.17) is 11.6 Å². The van der Waals surface area contributed by atoms with Crippen LogP contribution in [0.15, 0.2) is 18.2 Å². The topological polar surface area (TPSA) is 46.2 Å². The summed E-state index contributed by atoms with van der Waals surface area (Å²) >= 11 is 5.21. The molecule has 0 bridgehead atoms. The molecule has 3 nitrogen and oxygen atoms in total. The Morgan fingerprint density at radius 2 is 1.89 bits per heavy atom. The minimum atomic E-state index is -5.13. The van der Waals surface area contributed by atoms with Crippen molar-refractivity contribution in [3.63, 3.8) is 0 Å². The van der Waals surface area contributed by atoms with Crippen molar-refractivity contribution in [2.24, 2.45) is 0 Å². The van der Waals surface area contributed by atoms with Crippen LogP contribution in [0.5, 0.6) is 0 Å². The van der Waals surface area contributed by atoms with Crippen LogP contribution in [0.1, 0.15) is 10.4 Å². The Morgan fingerprint density at radius 3 is 2.39 bits per heavy atom. The molecule has 0 unspecified atom stereocenters. The molecule has 8 heteroatoms. The number of halogens is 5. The van der Waals surface area contributed by atoms with Gasteiger partial charge in [0.15, 0.2) is 5.78 Å². The number of Topliss-reactive ketones (excluding diaryl/α,β-unsaturated/α-hetero) is 1. The lowest BCUT2D eigenvalue weighted by molar-refractivity contribution is -0.167. The SMILES string of the molecule is O=C(CCl)c1c(F)cccc1NC(=O)C(F)(F)F. The normalized spacial score (nSPS) is 11.2. The van der Waals surface area contributed by atoms with Crippen LogP contribution in [0.2, 0.25) is 0 Å². The van der Waals surface area contributed by atoms with Crippen LogP contribution in [0, 0.1) is 5.82 Å². The number of hydrogen-bond donors (Lipinski definition) is 1. The summed E-state index contributed by atoms with van der Waals surface area (Å²) in [5.41, 5.74) is -1.24. The molecular weight excluding hydrogens is 278 g/mol.